The summed E-state index contributed by atoms with van der Waals surface area (Å²) in [5, 5.41) is 9.64. The number of nitrogens with zero attached hydrogens (tertiary/aromatic N) is 3. The number of aromatic nitrogens is 3. The van der Waals surface area contributed by atoms with E-state index in [9.17, 15) is 0 Å². The first-order valence-corrected chi connectivity index (χ1v) is 9.55. The predicted molar refractivity (Wildman–Crippen MR) is 106 cm³/mol. The van der Waals surface area contributed by atoms with Gasteiger partial charge in [0.25, 0.3) is 0 Å². The summed E-state index contributed by atoms with van der Waals surface area (Å²) in [4.78, 5) is 0. The highest BCUT2D eigenvalue weighted by atomic mass is 79.9. The summed E-state index contributed by atoms with van der Waals surface area (Å²) in [7, 11) is 1.66. The van der Waals surface area contributed by atoms with Crippen LogP contribution in [0.1, 0.15) is 5.56 Å². The maximum absolute atomic E-state index is 5.22. The maximum Gasteiger partial charge on any atom is 0.192 e. The zero-order chi connectivity index (χ0) is 17.6. The molecular formula is C19H18BrN3OS. The first-order valence-electron chi connectivity index (χ1n) is 7.77. The monoisotopic (exact) mass is 415 g/mol. The molecule has 0 aliphatic rings. The first kappa shape index (κ1) is 17.8. The van der Waals surface area contributed by atoms with Gasteiger partial charge in [-0.2, -0.15) is 0 Å². The van der Waals surface area contributed by atoms with E-state index in [0.717, 1.165) is 32.5 Å². The van der Waals surface area contributed by atoms with Gasteiger partial charge in [-0.15, -0.1) is 16.8 Å². The van der Waals surface area contributed by atoms with Crippen LogP contribution in [0.2, 0.25) is 0 Å². The molecule has 0 spiro atoms. The third-order valence-corrected chi connectivity index (χ3v) is 5.16. The summed E-state index contributed by atoms with van der Waals surface area (Å²) in [5.41, 5.74) is 2.24. The molecule has 0 radical (unpaired) electrons. The highest BCUT2D eigenvalue weighted by Gasteiger charge is 2.13. The predicted octanol–water partition coefficient (Wildman–Crippen LogP) is 5.19. The molecule has 6 heteroatoms. The van der Waals surface area contributed by atoms with Gasteiger partial charge in [-0.05, 0) is 42.0 Å². The molecule has 0 saturated heterocycles. The van der Waals surface area contributed by atoms with E-state index in [1.54, 1.807) is 18.9 Å². The van der Waals surface area contributed by atoms with Crippen molar-refractivity contribution in [3.8, 4) is 17.1 Å². The third kappa shape index (κ3) is 4.32. The molecule has 128 valence electrons. The SMILES string of the molecule is C=CCn1c(SCc2cccc(Br)c2)nnc1-c1ccc(OC)cc1. The summed E-state index contributed by atoms with van der Waals surface area (Å²) < 4.78 is 8.38. The summed E-state index contributed by atoms with van der Waals surface area (Å²) in [6.45, 7) is 4.52. The van der Waals surface area contributed by atoms with E-state index in [-0.39, 0.29) is 0 Å². The number of halogens is 1. The van der Waals surface area contributed by atoms with Crippen LogP contribution in [0.3, 0.4) is 0 Å². The van der Waals surface area contributed by atoms with E-state index in [1.807, 2.05) is 42.5 Å². The van der Waals surface area contributed by atoms with Crippen molar-refractivity contribution >= 4 is 27.7 Å². The molecule has 0 aliphatic carbocycles. The van der Waals surface area contributed by atoms with Crippen LogP contribution in [0.15, 0.2) is 70.8 Å². The van der Waals surface area contributed by atoms with Gasteiger partial charge in [0.15, 0.2) is 11.0 Å². The normalized spacial score (nSPS) is 10.6. The molecule has 0 saturated carbocycles. The van der Waals surface area contributed by atoms with Crippen molar-refractivity contribution in [1.82, 2.24) is 14.8 Å². The Labute approximate surface area is 160 Å². The Hall–Kier alpha value is -2.05. The molecule has 3 aromatic rings. The molecule has 0 N–H and O–H groups in total. The zero-order valence-corrected chi connectivity index (χ0v) is 16.3. The second kappa shape index (κ2) is 8.36. The number of hydrogen-bond acceptors (Lipinski definition) is 4. The van der Waals surface area contributed by atoms with E-state index >= 15 is 0 Å². The van der Waals surface area contributed by atoms with Gasteiger partial charge in [0, 0.05) is 22.3 Å². The van der Waals surface area contributed by atoms with E-state index in [2.05, 4.69) is 49.4 Å². The fraction of sp³-hybridized carbons (Fsp3) is 0.158. The highest BCUT2D eigenvalue weighted by molar-refractivity contribution is 9.10. The fourth-order valence-electron chi connectivity index (χ4n) is 2.42. The Bertz CT molecular complexity index is 861. The van der Waals surface area contributed by atoms with E-state index < -0.39 is 0 Å². The van der Waals surface area contributed by atoms with E-state index in [0.29, 0.717) is 6.54 Å². The number of thioether (sulfide) groups is 1. The van der Waals surface area contributed by atoms with Gasteiger partial charge in [0.1, 0.15) is 5.75 Å². The molecular weight excluding hydrogens is 398 g/mol. The lowest BCUT2D eigenvalue weighted by atomic mass is 10.2. The molecule has 0 bridgehead atoms. The maximum atomic E-state index is 5.22. The van der Waals surface area contributed by atoms with E-state index in [4.69, 9.17) is 4.74 Å². The van der Waals surface area contributed by atoms with Gasteiger partial charge in [-0.25, -0.2) is 0 Å². The van der Waals surface area contributed by atoms with Crippen LogP contribution in [-0.4, -0.2) is 21.9 Å². The van der Waals surface area contributed by atoms with Crippen LogP contribution in [0.25, 0.3) is 11.4 Å². The highest BCUT2D eigenvalue weighted by Crippen LogP contribution is 2.28. The van der Waals surface area contributed by atoms with Crippen LogP contribution in [0.4, 0.5) is 0 Å². The van der Waals surface area contributed by atoms with Crippen molar-refractivity contribution in [1.29, 1.82) is 0 Å². The van der Waals surface area contributed by atoms with Crippen molar-refractivity contribution in [3.63, 3.8) is 0 Å². The Balaban J connectivity index is 1.84. The summed E-state index contributed by atoms with van der Waals surface area (Å²) >= 11 is 5.18. The van der Waals surface area contributed by atoms with Crippen molar-refractivity contribution in [3.05, 3.63) is 71.2 Å². The second-order valence-corrected chi connectivity index (χ2v) is 7.21. The van der Waals surface area contributed by atoms with Crippen LogP contribution >= 0.6 is 27.7 Å². The lowest BCUT2D eigenvalue weighted by molar-refractivity contribution is 0.415. The minimum Gasteiger partial charge on any atom is -0.497 e. The molecule has 3 rings (SSSR count). The molecule has 0 atom stereocenters. The minimum atomic E-state index is 0.662. The third-order valence-electron chi connectivity index (χ3n) is 3.63. The zero-order valence-electron chi connectivity index (χ0n) is 13.9. The Morgan fingerprint density at radius 2 is 2.00 bits per heavy atom. The lowest BCUT2D eigenvalue weighted by Crippen LogP contribution is -2.00. The Kier molecular flexibility index (Phi) is 5.94. The molecule has 0 amide bonds. The molecule has 4 nitrogen and oxygen atoms in total. The van der Waals surface area contributed by atoms with Gasteiger partial charge in [-0.1, -0.05) is 45.9 Å². The number of hydrogen-bond donors (Lipinski definition) is 0. The number of benzene rings is 2. The molecule has 1 aromatic heterocycles. The first-order chi connectivity index (χ1) is 12.2. The largest absolute Gasteiger partial charge is 0.497 e. The average Bonchev–Trinajstić information content (AvgIpc) is 3.03. The van der Waals surface area contributed by atoms with Gasteiger partial charge < -0.3 is 4.74 Å². The van der Waals surface area contributed by atoms with Crippen molar-refractivity contribution in [2.45, 2.75) is 17.5 Å². The summed E-state index contributed by atoms with van der Waals surface area (Å²) in [6, 6.07) is 16.1. The molecule has 2 aromatic carbocycles. The van der Waals surface area contributed by atoms with Crippen LogP contribution in [-0.2, 0) is 12.3 Å². The van der Waals surface area contributed by atoms with Crippen LogP contribution in [0, 0.1) is 0 Å². The van der Waals surface area contributed by atoms with Gasteiger partial charge in [-0.3, -0.25) is 4.57 Å². The van der Waals surface area contributed by atoms with E-state index in [1.165, 1.54) is 5.56 Å². The molecule has 0 unspecified atom stereocenters. The fourth-order valence-corrected chi connectivity index (χ4v) is 3.75. The number of ether oxygens (including phenoxy) is 1. The molecule has 25 heavy (non-hydrogen) atoms. The number of allylic oxidation sites excluding steroid dienone is 1. The topological polar surface area (TPSA) is 39.9 Å². The smallest absolute Gasteiger partial charge is 0.192 e. The Morgan fingerprint density at radius 3 is 2.68 bits per heavy atom. The lowest BCUT2D eigenvalue weighted by Gasteiger charge is -2.08. The van der Waals surface area contributed by atoms with Gasteiger partial charge in [0.2, 0.25) is 0 Å². The molecule has 0 fully saturated rings. The van der Waals surface area contributed by atoms with Gasteiger partial charge >= 0.3 is 0 Å². The molecule has 0 aliphatic heterocycles. The van der Waals surface area contributed by atoms with Crippen molar-refractivity contribution in [2.75, 3.05) is 7.11 Å². The standard InChI is InChI=1S/C19H18BrN3OS/c1-3-11-23-18(15-7-9-17(24-2)10-8-15)21-22-19(23)25-13-14-5-4-6-16(20)12-14/h3-10,12H,1,11,13H2,2H3. The molecule has 1 heterocycles. The van der Waals surface area contributed by atoms with Crippen LogP contribution < -0.4 is 4.74 Å². The number of methoxy groups -OCH3 is 1. The summed E-state index contributed by atoms with van der Waals surface area (Å²) in [6.07, 6.45) is 1.86. The quantitative estimate of drug-likeness (QED) is 0.392. The van der Waals surface area contributed by atoms with Crippen molar-refractivity contribution in [2.24, 2.45) is 0 Å². The van der Waals surface area contributed by atoms with Crippen LogP contribution in [0.5, 0.6) is 5.75 Å². The second-order valence-electron chi connectivity index (χ2n) is 5.35. The average molecular weight is 416 g/mol. The van der Waals surface area contributed by atoms with Gasteiger partial charge in [0.05, 0.1) is 7.11 Å². The van der Waals surface area contributed by atoms with Crippen molar-refractivity contribution < 1.29 is 4.74 Å². The minimum absolute atomic E-state index is 0.662. The number of rotatable bonds is 7. The summed E-state index contributed by atoms with van der Waals surface area (Å²) in [5.74, 6) is 2.49. The Morgan fingerprint density at radius 1 is 1.20 bits per heavy atom.